The van der Waals surface area contributed by atoms with E-state index in [2.05, 4.69) is 0 Å². The largest absolute Gasteiger partial charge is 0.478 e. The van der Waals surface area contributed by atoms with Crippen LogP contribution in [0.15, 0.2) is 42.5 Å². The van der Waals surface area contributed by atoms with Crippen LogP contribution in [0.4, 0.5) is 0 Å². The molecule has 2 rings (SSSR count). The van der Waals surface area contributed by atoms with E-state index in [0.717, 1.165) is 6.07 Å². The summed E-state index contributed by atoms with van der Waals surface area (Å²) in [6.45, 7) is 0. The van der Waals surface area contributed by atoms with E-state index in [1.165, 1.54) is 12.1 Å². The third-order valence-corrected chi connectivity index (χ3v) is 2.81. The van der Waals surface area contributed by atoms with Crippen LogP contribution < -0.4 is 0 Å². The number of aromatic carboxylic acids is 2. The second kappa shape index (κ2) is 5.36. The summed E-state index contributed by atoms with van der Waals surface area (Å²) in [5.41, 5.74) is 1.40. The Morgan fingerprint density at radius 2 is 1.30 bits per heavy atom. The van der Waals surface area contributed by atoms with Gasteiger partial charge < -0.3 is 10.2 Å². The molecule has 2 aromatic carbocycles. The van der Waals surface area contributed by atoms with Crippen molar-refractivity contribution in [1.29, 1.82) is 0 Å². The molecule has 0 spiro atoms. The molecule has 20 heavy (non-hydrogen) atoms. The van der Waals surface area contributed by atoms with Crippen LogP contribution in [-0.4, -0.2) is 28.4 Å². The lowest BCUT2D eigenvalue weighted by Crippen LogP contribution is -2.03. The van der Waals surface area contributed by atoms with Crippen LogP contribution in [0.25, 0.3) is 11.1 Å². The second-order valence-electron chi connectivity index (χ2n) is 4.15. The SMILES string of the molecule is O=Cc1ccc(-c2cc(C(=O)O)cc(C(=O)O)c2)cc1. The predicted molar refractivity (Wildman–Crippen MR) is 71.2 cm³/mol. The Morgan fingerprint density at radius 1 is 0.800 bits per heavy atom. The molecule has 0 heterocycles. The fourth-order valence-electron chi connectivity index (χ4n) is 1.80. The van der Waals surface area contributed by atoms with Crippen LogP contribution >= 0.6 is 0 Å². The standard InChI is InChI=1S/C15H10O5/c16-8-9-1-3-10(4-2-9)11-5-12(14(17)18)7-13(6-11)15(19)20/h1-8H,(H,17,18)(H,19,20). The molecular weight excluding hydrogens is 260 g/mol. The highest BCUT2D eigenvalue weighted by Gasteiger charge is 2.12. The third-order valence-electron chi connectivity index (χ3n) is 2.81. The second-order valence-corrected chi connectivity index (χ2v) is 4.15. The molecule has 0 saturated carbocycles. The first-order valence-electron chi connectivity index (χ1n) is 5.68. The first kappa shape index (κ1) is 13.5. The predicted octanol–water partition coefficient (Wildman–Crippen LogP) is 2.56. The normalized spacial score (nSPS) is 10.0. The molecule has 0 amide bonds. The summed E-state index contributed by atoms with van der Waals surface area (Å²) in [7, 11) is 0. The van der Waals surface area contributed by atoms with Gasteiger partial charge in [0.1, 0.15) is 6.29 Å². The number of rotatable bonds is 4. The summed E-state index contributed by atoms with van der Waals surface area (Å²) >= 11 is 0. The molecule has 0 fully saturated rings. The van der Waals surface area contributed by atoms with E-state index in [4.69, 9.17) is 10.2 Å². The van der Waals surface area contributed by atoms with Gasteiger partial charge in [0.05, 0.1) is 11.1 Å². The molecule has 0 unspecified atom stereocenters. The van der Waals surface area contributed by atoms with Crippen LogP contribution in [-0.2, 0) is 0 Å². The summed E-state index contributed by atoms with van der Waals surface area (Å²) in [6, 6.07) is 10.3. The minimum Gasteiger partial charge on any atom is -0.478 e. The van der Waals surface area contributed by atoms with Crippen molar-refractivity contribution in [3.63, 3.8) is 0 Å². The first-order chi connectivity index (χ1) is 9.51. The highest BCUT2D eigenvalue weighted by Crippen LogP contribution is 2.23. The van der Waals surface area contributed by atoms with E-state index in [1.807, 2.05) is 0 Å². The van der Waals surface area contributed by atoms with Crippen molar-refractivity contribution in [3.8, 4) is 11.1 Å². The van der Waals surface area contributed by atoms with Crippen molar-refractivity contribution in [2.24, 2.45) is 0 Å². The zero-order valence-electron chi connectivity index (χ0n) is 10.2. The summed E-state index contributed by atoms with van der Waals surface area (Å²) < 4.78 is 0. The van der Waals surface area contributed by atoms with Crippen molar-refractivity contribution < 1.29 is 24.6 Å². The van der Waals surface area contributed by atoms with E-state index in [9.17, 15) is 14.4 Å². The minimum absolute atomic E-state index is 0.0978. The quantitative estimate of drug-likeness (QED) is 0.833. The van der Waals surface area contributed by atoms with E-state index in [-0.39, 0.29) is 11.1 Å². The lowest BCUT2D eigenvalue weighted by molar-refractivity contribution is 0.0696. The van der Waals surface area contributed by atoms with Crippen molar-refractivity contribution in [1.82, 2.24) is 0 Å². The van der Waals surface area contributed by atoms with E-state index in [0.29, 0.717) is 23.0 Å². The first-order valence-corrected chi connectivity index (χ1v) is 5.68. The van der Waals surface area contributed by atoms with E-state index in [1.54, 1.807) is 24.3 Å². The van der Waals surface area contributed by atoms with Crippen LogP contribution in [0.3, 0.4) is 0 Å². The molecule has 0 aromatic heterocycles. The number of carbonyl (C=O) groups excluding carboxylic acids is 1. The molecule has 0 aliphatic rings. The molecule has 5 heteroatoms. The summed E-state index contributed by atoms with van der Waals surface area (Å²) in [4.78, 5) is 32.6. The van der Waals surface area contributed by atoms with Crippen molar-refractivity contribution >= 4 is 18.2 Å². The van der Waals surface area contributed by atoms with Gasteiger partial charge in [-0.2, -0.15) is 0 Å². The van der Waals surface area contributed by atoms with Gasteiger partial charge in [-0.3, -0.25) is 4.79 Å². The number of hydrogen-bond donors (Lipinski definition) is 2. The highest BCUT2D eigenvalue weighted by atomic mass is 16.4. The van der Waals surface area contributed by atoms with Gasteiger partial charge in [-0.05, 0) is 29.3 Å². The minimum atomic E-state index is -1.20. The molecule has 0 saturated heterocycles. The van der Waals surface area contributed by atoms with Gasteiger partial charge >= 0.3 is 11.9 Å². The number of aldehydes is 1. The number of carbonyl (C=O) groups is 3. The summed E-state index contributed by atoms with van der Waals surface area (Å²) in [5, 5.41) is 18.0. The Kier molecular flexibility index (Phi) is 3.61. The van der Waals surface area contributed by atoms with Gasteiger partial charge in [0.2, 0.25) is 0 Å². The molecular formula is C15H10O5. The zero-order chi connectivity index (χ0) is 14.7. The number of benzene rings is 2. The maximum atomic E-state index is 11.0. The van der Waals surface area contributed by atoms with Gasteiger partial charge in [0.15, 0.2) is 0 Å². The fraction of sp³-hybridized carbons (Fsp3) is 0. The van der Waals surface area contributed by atoms with Crippen LogP contribution in [0.5, 0.6) is 0 Å². The topological polar surface area (TPSA) is 91.7 Å². The molecule has 0 aliphatic carbocycles. The molecule has 0 aliphatic heterocycles. The maximum Gasteiger partial charge on any atom is 0.335 e. The van der Waals surface area contributed by atoms with Crippen molar-refractivity contribution in [2.75, 3.05) is 0 Å². The zero-order valence-corrected chi connectivity index (χ0v) is 10.2. The molecule has 0 atom stereocenters. The monoisotopic (exact) mass is 270 g/mol. The number of carboxylic acid groups (broad SMARTS) is 2. The Labute approximate surface area is 114 Å². The number of carboxylic acids is 2. The molecule has 100 valence electrons. The molecule has 0 radical (unpaired) electrons. The van der Waals surface area contributed by atoms with Gasteiger partial charge in [0, 0.05) is 5.56 Å². The third kappa shape index (κ3) is 2.72. The Balaban J connectivity index is 2.56. The van der Waals surface area contributed by atoms with E-state index < -0.39 is 11.9 Å². The Morgan fingerprint density at radius 3 is 1.70 bits per heavy atom. The van der Waals surface area contributed by atoms with Crippen molar-refractivity contribution in [2.45, 2.75) is 0 Å². The maximum absolute atomic E-state index is 11.0. The lowest BCUT2D eigenvalue weighted by atomic mass is 9.99. The average Bonchev–Trinajstić information content (AvgIpc) is 2.46. The average molecular weight is 270 g/mol. The molecule has 2 aromatic rings. The number of hydrogen-bond acceptors (Lipinski definition) is 3. The van der Waals surface area contributed by atoms with Gasteiger partial charge in [-0.1, -0.05) is 24.3 Å². The Hall–Kier alpha value is -2.95. The highest BCUT2D eigenvalue weighted by molar-refractivity contribution is 5.96. The van der Waals surface area contributed by atoms with Crippen LogP contribution in [0, 0.1) is 0 Å². The van der Waals surface area contributed by atoms with Crippen LogP contribution in [0.1, 0.15) is 31.1 Å². The lowest BCUT2D eigenvalue weighted by Gasteiger charge is -2.06. The van der Waals surface area contributed by atoms with Gasteiger partial charge in [0.25, 0.3) is 0 Å². The van der Waals surface area contributed by atoms with Crippen molar-refractivity contribution in [3.05, 3.63) is 59.2 Å². The molecule has 0 bridgehead atoms. The molecule has 2 N–H and O–H groups in total. The Bertz CT molecular complexity index is 654. The van der Waals surface area contributed by atoms with E-state index >= 15 is 0 Å². The van der Waals surface area contributed by atoms with Gasteiger partial charge in [-0.15, -0.1) is 0 Å². The molecule has 5 nitrogen and oxygen atoms in total. The fourth-order valence-corrected chi connectivity index (χ4v) is 1.80. The summed E-state index contributed by atoms with van der Waals surface area (Å²) in [5.74, 6) is -2.39. The van der Waals surface area contributed by atoms with Crippen LogP contribution in [0.2, 0.25) is 0 Å². The smallest absolute Gasteiger partial charge is 0.335 e. The summed E-state index contributed by atoms with van der Waals surface area (Å²) in [6.07, 6.45) is 0.695. The van der Waals surface area contributed by atoms with Gasteiger partial charge in [-0.25, -0.2) is 9.59 Å².